The van der Waals surface area contributed by atoms with Crippen molar-refractivity contribution in [1.29, 1.82) is 0 Å². The molecule has 5 heteroatoms. The summed E-state index contributed by atoms with van der Waals surface area (Å²) in [6.07, 6.45) is 0.796. The molecule has 3 rings (SSSR count). The molecule has 0 bridgehead atoms. The van der Waals surface area contributed by atoms with Gasteiger partial charge >= 0.3 is 0 Å². The zero-order chi connectivity index (χ0) is 15.5. The maximum Gasteiger partial charge on any atom is 0.194 e. The summed E-state index contributed by atoms with van der Waals surface area (Å²) in [5.41, 5.74) is 2.53. The zero-order valence-electron chi connectivity index (χ0n) is 12.2. The van der Waals surface area contributed by atoms with Crippen molar-refractivity contribution >= 4 is 28.1 Å². The van der Waals surface area contributed by atoms with E-state index in [1.807, 2.05) is 23.7 Å². The number of nitrogens with one attached hydrogen (secondary N) is 1. The number of hydrogen-bond acceptors (Lipinski definition) is 2. The molecule has 1 heterocycles. The van der Waals surface area contributed by atoms with Crippen molar-refractivity contribution in [2.75, 3.05) is 0 Å². The Morgan fingerprint density at radius 3 is 2.50 bits per heavy atom. The van der Waals surface area contributed by atoms with Crippen LogP contribution in [-0.2, 0) is 13.5 Å². The first-order valence-electron chi connectivity index (χ1n) is 7.06. The van der Waals surface area contributed by atoms with Crippen molar-refractivity contribution < 1.29 is 0 Å². The molecule has 2 aromatic carbocycles. The predicted molar refractivity (Wildman–Crippen MR) is 94.5 cm³/mol. The molecule has 1 atom stereocenters. The fraction of sp³-hybridized carbons (Fsp3) is 0.176. The van der Waals surface area contributed by atoms with Gasteiger partial charge in [-0.2, -0.15) is 5.10 Å². The van der Waals surface area contributed by atoms with Crippen LogP contribution in [0.5, 0.6) is 0 Å². The van der Waals surface area contributed by atoms with Gasteiger partial charge in [-0.1, -0.05) is 58.4 Å². The van der Waals surface area contributed by atoms with Crippen molar-refractivity contribution in [1.82, 2.24) is 14.8 Å². The summed E-state index contributed by atoms with van der Waals surface area (Å²) < 4.78 is 3.67. The molecule has 1 aromatic heterocycles. The largest absolute Gasteiger partial charge is 0.307 e. The van der Waals surface area contributed by atoms with Gasteiger partial charge in [0.25, 0.3) is 0 Å². The minimum absolute atomic E-state index is 0.239. The van der Waals surface area contributed by atoms with Gasteiger partial charge in [-0.05, 0) is 35.5 Å². The molecule has 0 amide bonds. The third-order valence-corrected chi connectivity index (χ3v) is 4.67. The van der Waals surface area contributed by atoms with Gasteiger partial charge < -0.3 is 4.57 Å². The summed E-state index contributed by atoms with van der Waals surface area (Å²) >= 11 is 8.78. The number of halogens is 1. The number of aromatic amines is 1. The number of H-pyrrole nitrogens is 1. The second-order valence-corrected chi connectivity index (χ2v) is 6.53. The monoisotopic (exact) mass is 373 g/mol. The highest BCUT2D eigenvalue weighted by Crippen LogP contribution is 2.29. The van der Waals surface area contributed by atoms with E-state index < -0.39 is 0 Å². The average molecular weight is 374 g/mol. The highest BCUT2D eigenvalue weighted by molar-refractivity contribution is 9.10. The predicted octanol–water partition coefficient (Wildman–Crippen LogP) is 4.61. The van der Waals surface area contributed by atoms with E-state index in [-0.39, 0.29) is 5.92 Å². The molecule has 3 aromatic rings. The smallest absolute Gasteiger partial charge is 0.194 e. The number of hydrogen-bond donors (Lipinski definition) is 1. The highest BCUT2D eigenvalue weighted by Gasteiger charge is 2.18. The Hall–Kier alpha value is -1.72. The van der Waals surface area contributed by atoms with Crippen LogP contribution in [0.25, 0.3) is 0 Å². The SMILES string of the molecule is Cn1c(CC(c2ccccc2)c2cccc(Br)c2)n[nH]c1=S. The lowest BCUT2D eigenvalue weighted by Gasteiger charge is -2.18. The first kappa shape index (κ1) is 15.2. The summed E-state index contributed by atoms with van der Waals surface area (Å²) in [4.78, 5) is 0. The minimum atomic E-state index is 0.239. The first-order chi connectivity index (χ1) is 10.6. The minimum Gasteiger partial charge on any atom is -0.307 e. The Balaban J connectivity index is 2.03. The van der Waals surface area contributed by atoms with Crippen LogP contribution < -0.4 is 0 Å². The molecule has 3 nitrogen and oxygen atoms in total. The van der Waals surface area contributed by atoms with E-state index in [1.165, 1.54) is 11.1 Å². The van der Waals surface area contributed by atoms with E-state index >= 15 is 0 Å². The Morgan fingerprint density at radius 1 is 1.14 bits per heavy atom. The Kier molecular flexibility index (Phi) is 4.55. The van der Waals surface area contributed by atoms with Crippen LogP contribution in [0.15, 0.2) is 59.1 Å². The number of benzene rings is 2. The second-order valence-electron chi connectivity index (χ2n) is 5.23. The topological polar surface area (TPSA) is 33.6 Å². The van der Waals surface area contributed by atoms with Crippen LogP contribution in [0.1, 0.15) is 22.9 Å². The molecular weight excluding hydrogens is 358 g/mol. The van der Waals surface area contributed by atoms with Gasteiger partial charge in [0.05, 0.1) is 0 Å². The van der Waals surface area contributed by atoms with E-state index in [0.29, 0.717) is 4.77 Å². The van der Waals surface area contributed by atoms with Crippen LogP contribution in [0.4, 0.5) is 0 Å². The van der Waals surface area contributed by atoms with Gasteiger partial charge in [0.2, 0.25) is 0 Å². The molecule has 22 heavy (non-hydrogen) atoms. The van der Waals surface area contributed by atoms with Crippen LogP contribution in [0.2, 0.25) is 0 Å². The van der Waals surface area contributed by atoms with Crippen LogP contribution in [0.3, 0.4) is 0 Å². The van der Waals surface area contributed by atoms with E-state index in [1.54, 1.807) is 0 Å². The van der Waals surface area contributed by atoms with Gasteiger partial charge in [-0.3, -0.25) is 5.10 Å². The Labute approximate surface area is 143 Å². The van der Waals surface area contributed by atoms with Crippen LogP contribution in [-0.4, -0.2) is 14.8 Å². The number of aromatic nitrogens is 3. The molecule has 0 radical (unpaired) electrons. The van der Waals surface area contributed by atoms with E-state index in [4.69, 9.17) is 12.2 Å². The molecule has 0 fully saturated rings. The molecule has 0 spiro atoms. The summed E-state index contributed by atoms with van der Waals surface area (Å²) in [5.74, 6) is 1.20. The van der Waals surface area contributed by atoms with E-state index in [9.17, 15) is 0 Å². The lowest BCUT2D eigenvalue weighted by atomic mass is 9.88. The summed E-state index contributed by atoms with van der Waals surface area (Å²) in [6.45, 7) is 0. The highest BCUT2D eigenvalue weighted by atomic mass is 79.9. The van der Waals surface area contributed by atoms with Gasteiger partial charge in [-0.15, -0.1) is 0 Å². The molecule has 0 aliphatic rings. The number of nitrogens with zero attached hydrogens (tertiary/aromatic N) is 2. The van der Waals surface area contributed by atoms with Gasteiger partial charge in [0.1, 0.15) is 5.82 Å². The lowest BCUT2D eigenvalue weighted by Crippen LogP contribution is -2.09. The Morgan fingerprint density at radius 2 is 1.86 bits per heavy atom. The van der Waals surface area contributed by atoms with E-state index in [0.717, 1.165) is 16.7 Å². The third-order valence-electron chi connectivity index (χ3n) is 3.81. The molecule has 1 unspecified atom stereocenters. The molecule has 0 aliphatic heterocycles. The first-order valence-corrected chi connectivity index (χ1v) is 8.26. The molecule has 0 aliphatic carbocycles. The number of rotatable bonds is 4. The maximum atomic E-state index is 5.22. The Bertz CT molecular complexity index is 823. The van der Waals surface area contributed by atoms with Crippen molar-refractivity contribution in [2.24, 2.45) is 7.05 Å². The van der Waals surface area contributed by atoms with Crippen molar-refractivity contribution in [3.8, 4) is 0 Å². The fourth-order valence-corrected chi connectivity index (χ4v) is 3.15. The van der Waals surface area contributed by atoms with Crippen LogP contribution >= 0.6 is 28.1 Å². The molecular formula is C17H16BrN3S. The maximum absolute atomic E-state index is 5.22. The lowest BCUT2D eigenvalue weighted by molar-refractivity contribution is 0.705. The fourth-order valence-electron chi connectivity index (χ4n) is 2.58. The molecule has 0 saturated carbocycles. The second kappa shape index (κ2) is 6.58. The van der Waals surface area contributed by atoms with Gasteiger partial charge in [0.15, 0.2) is 4.77 Å². The average Bonchev–Trinajstić information content (AvgIpc) is 2.85. The molecule has 1 N–H and O–H groups in total. The normalized spacial score (nSPS) is 12.3. The van der Waals surface area contributed by atoms with E-state index in [2.05, 4.69) is 68.6 Å². The quantitative estimate of drug-likeness (QED) is 0.677. The van der Waals surface area contributed by atoms with Gasteiger partial charge in [-0.25, -0.2) is 0 Å². The van der Waals surface area contributed by atoms with Crippen molar-refractivity contribution in [3.05, 3.63) is 80.8 Å². The van der Waals surface area contributed by atoms with Gasteiger partial charge in [0, 0.05) is 23.9 Å². The summed E-state index contributed by atoms with van der Waals surface area (Å²) in [5, 5.41) is 7.23. The molecule has 112 valence electrons. The zero-order valence-corrected chi connectivity index (χ0v) is 14.6. The van der Waals surface area contributed by atoms with Crippen molar-refractivity contribution in [2.45, 2.75) is 12.3 Å². The summed E-state index contributed by atoms with van der Waals surface area (Å²) in [6, 6.07) is 18.9. The van der Waals surface area contributed by atoms with Crippen LogP contribution in [0, 0.1) is 4.77 Å². The standard InChI is InChI=1S/C17H16BrN3S/c1-21-16(19-20-17(21)22)11-15(12-6-3-2-4-7-12)13-8-5-9-14(18)10-13/h2-10,15H,11H2,1H3,(H,20,22). The molecule has 0 saturated heterocycles. The van der Waals surface area contributed by atoms with Crippen molar-refractivity contribution in [3.63, 3.8) is 0 Å². The third kappa shape index (κ3) is 3.20. The summed E-state index contributed by atoms with van der Waals surface area (Å²) in [7, 11) is 1.95.